The van der Waals surface area contributed by atoms with Crippen molar-refractivity contribution >= 4 is 11.2 Å². The van der Waals surface area contributed by atoms with Crippen molar-refractivity contribution in [2.45, 2.75) is 33.4 Å². The van der Waals surface area contributed by atoms with Gasteiger partial charge in [-0.2, -0.15) is 0 Å². The highest BCUT2D eigenvalue weighted by atomic mass is 16.2. The Bertz CT molecular complexity index is 738. The molecule has 0 saturated heterocycles. The van der Waals surface area contributed by atoms with Crippen LogP contribution in [0.4, 0.5) is 0 Å². The van der Waals surface area contributed by atoms with Crippen molar-refractivity contribution in [1.29, 1.82) is 0 Å². The van der Waals surface area contributed by atoms with Crippen LogP contribution in [0.2, 0.25) is 0 Å². The number of fused-ring (bicyclic) bond motifs is 1. The molecule has 7 heteroatoms. The van der Waals surface area contributed by atoms with Crippen LogP contribution in [0, 0.1) is 0 Å². The number of nitrogens with one attached hydrogen (secondary N) is 1. The summed E-state index contributed by atoms with van der Waals surface area (Å²) in [7, 11) is 4.29. The van der Waals surface area contributed by atoms with E-state index in [9.17, 15) is 9.59 Å². The van der Waals surface area contributed by atoms with E-state index in [0.29, 0.717) is 24.3 Å². The van der Waals surface area contributed by atoms with Gasteiger partial charge in [0.2, 0.25) is 0 Å². The number of quaternary nitrogens is 1. The molecule has 0 saturated carbocycles. The summed E-state index contributed by atoms with van der Waals surface area (Å²) in [5, 5.41) is 0. The second kappa shape index (κ2) is 5.85. The van der Waals surface area contributed by atoms with Crippen LogP contribution in [0.1, 0.15) is 20.3 Å². The van der Waals surface area contributed by atoms with Crippen molar-refractivity contribution in [3.63, 3.8) is 0 Å². The van der Waals surface area contributed by atoms with E-state index in [1.54, 1.807) is 11.5 Å². The fourth-order valence-electron chi connectivity index (χ4n) is 2.68. The Hall–Kier alpha value is -1.89. The molecule has 7 nitrogen and oxygen atoms in total. The van der Waals surface area contributed by atoms with Crippen LogP contribution in [0.25, 0.3) is 11.2 Å². The van der Waals surface area contributed by atoms with E-state index >= 15 is 0 Å². The van der Waals surface area contributed by atoms with Crippen molar-refractivity contribution in [2.24, 2.45) is 0 Å². The van der Waals surface area contributed by atoms with Gasteiger partial charge >= 0.3 is 5.69 Å². The normalized spacial score (nSPS) is 12.2. The topological polar surface area (TPSA) is 72.7 Å². The lowest BCUT2D eigenvalue weighted by atomic mass is 10.3. The third kappa shape index (κ3) is 2.92. The first kappa shape index (κ1) is 15.5. The predicted octanol–water partition coefficient (Wildman–Crippen LogP) is 0.393. The number of aromatic nitrogens is 4. The van der Waals surface area contributed by atoms with E-state index in [2.05, 4.69) is 31.0 Å². The third-order valence-corrected chi connectivity index (χ3v) is 3.87. The molecule has 0 spiro atoms. The molecule has 1 N–H and O–H groups in total. The SMILES string of the molecule is CCC[N+](C)(C)CCn1c(=O)n(CC)c(=O)c2[nH]cnc21. The standard InChI is InChI=1S/C14H23N5O2/c1-5-8-19(3,4)9-7-18-12-11(15-10-16-12)13(20)17(6-2)14(18)21/h10H,5-9H2,1-4H3/p+1. The first-order chi connectivity index (χ1) is 9.91. The van der Waals surface area contributed by atoms with Crippen molar-refractivity contribution in [3.8, 4) is 0 Å². The monoisotopic (exact) mass is 294 g/mol. The van der Waals surface area contributed by atoms with Crippen LogP contribution < -0.4 is 11.2 Å². The Balaban J connectivity index is 2.47. The molecule has 0 aromatic carbocycles. The molecule has 0 aliphatic rings. The zero-order chi connectivity index (χ0) is 15.6. The highest BCUT2D eigenvalue weighted by molar-refractivity contribution is 5.68. The summed E-state index contributed by atoms with van der Waals surface area (Å²) < 4.78 is 3.69. The smallest absolute Gasteiger partial charge is 0.332 e. The Labute approximate surface area is 123 Å². The molecule has 0 aliphatic carbocycles. The van der Waals surface area contributed by atoms with Crippen LogP contribution in [-0.4, -0.2) is 50.8 Å². The Morgan fingerprint density at radius 1 is 1.19 bits per heavy atom. The average Bonchev–Trinajstić information content (AvgIpc) is 2.88. The number of likely N-dealkylation sites (N-methyl/N-ethyl adjacent to an activating group) is 1. The van der Waals surface area contributed by atoms with Crippen molar-refractivity contribution in [3.05, 3.63) is 27.2 Å². The van der Waals surface area contributed by atoms with Crippen molar-refractivity contribution in [1.82, 2.24) is 19.1 Å². The molecule has 2 rings (SSSR count). The molecule has 2 aromatic heterocycles. The lowest BCUT2D eigenvalue weighted by molar-refractivity contribution is -0.890. The number of hydrogen-bond donors (Lipinski definition) is 1. The summed E-state index contributed by atoms with van der Waals surface area (Å²) >= 11 is 0. The molecule has 0 bridgehead atoms. The Morgan fingerprint density at radius 2 is 1.90 bits per heavy atom. The van der Waals surface area contributed by atoms with Crippen LogP contribution in [0.15, 0.2) is 15.9 Å². The fourth-order valence-corrected chi connectivity index (χ4v) is 2.68. The Kier molecular flexibility index (Phi) is 4.32. The molecule has 2 heterocycles. The molecule has 0 radical (unpaired) electrons. The first-order valence-electron chi connectivity index (χ1n) is 7.40. The molecule has 21 heavy (non-hydrogen) atoms. The van der Waals surface area contributed by atoms with Gasteiger partial charge in [-0.3, -0.25) is 13.9 Å². The maximum Gasteiger partial charge on any atom is 0.332 e. The summed E-state index contributed by atoms with van der Waals surface area (Å²) in [4.78, 5) is 31.6. The number of imidazole rings is 1. The van der Waals surface area contributed by atoms with Gasteiger partial charge in [0.15, 0.2) is 5.65 Å². The van der Waals surface area contributed by atoms with E-state index in [0.717, 1.165) is 24.0 Å². The number of aromatic amines is 1. The highest BCUT2D eigenvalue weighted by Crippen LogP contribution is 2.04. The van der Waals surface area contributed by atoms with Gasteiger partial charge in [-0.1, -0.05) is 6.92 Å². The van der Waals surface area contributed by atoms with Crippen LogP contribution in [-0.2, 0) is 13.1 Å². The van der Waals surface area contributed by atoms with E-state index in [1.165, 1.54) is 10.9 Å². The van der Waals surface area contributed by atoms with Gasteiger partial charge in [0.05, 0.1) is 40.1 Å². The van der Waals surface area contributed by atoms with E-state index in [4.69, 9.17) is 0 Å². The lowest BCUT2D eigenvalue weighted by Crippen LogP contribution is -2.46. The van der Waals surface area contributed by atoms with Gasteiger partial charge < -0.3 is 9.47 Å². The maximum atomic E-state index is 12.5. The zero-order valence-electron chi connectivity index (χ0n) is 13.2. The van der Waals surface area contributed by atoms with Gasteiger partial charge in [0.1, 0.15) is 5.52 Å². The maximum absolute atomic E-state index is 12.5. The minimum absolute atomic E-state index is 0.279. The molecule has 0 amide bonds. The minimum atomic E-state index is -0.298. The zero-order valence-corrected chi connectivity index (χ0v) is 13.2. The molecular weight excluding hydrogens is 270 g/mol. The molecule has 2 aromatic rings. The van der Waals surface area contributed by atoms with E-state index in [1.807, 2.05) is 0 Å². The first-order valence-corrected chi connectivity index (χ1v) is 7.40. The number of rotatable bonds is 6. The molecule has 0 atom stereocenters. The van der Waals surface area contributed by atoms with Gasteiger partial charge in [-0.25, -0.2) is 9.78 Å². The van der Waals surface area contributed by atoms with Gasteiger partial charge in [-0.15, -0.1) is 0 Å². The van der Waals surface area contributed by atoms with Gasteiger partial charge in [0.25, 0.3) is 5.56 Å². The van der Waals surface area contributed by atoms with Crippen LogP contribution in [0.3, 0.4) is 0 Å². The predicted molar refractivity (Wildman–Crippen MR) is 82.4 cm³/mol. The summed E-state index contributed by atoms with van der Waals surface area (Å²) in [6.07, 6.45) is 2.56. The number of H-pyrrole nitrogens is 1. The molecule has 0 fully saturated rings. The van der Waals surface area contributed by atoms with Gasteiger partial charge in [0, 0.05) is 6.54 Å². The number of hydrogen-bond acceptors (Lipinski definition) is 3. The van der Waals surface area contributed by atoms with Crippen LogP contribution in [0.5, 0.6) is 0 Å². The largest absolute Gasteiger partial charge is 0.339 e. The summed E-state index contributed by atoms with van der Waals surface area (Å²) in [5.41, 5.74) is 0.274. The number of nitrogens with zero attached hydrogens (tertiary/aromatic N) is 4. The summed E-state index contributed by atoms with van der Waals surface area (Å²) in [5.74, 6) is 0. The quantitative estimate of drug-likeness (QED) is 0.784. The molecule has 0 aliphatic heterocycles. The van der Waals surface area contributed by atoms with Crippen molar-refractivity contribution < 1.29 is 4.48 Å². The summed E-state index contributed by atoms with van der Waals surface area (Å²) in [6, 6.07) is 0. The Morgan fingerprint density at radius 3 is 2.52 bits per heavy atom. The van der Waals surface area contributed by atoms with Crippen LogP contribution >= 0.6 is 0 Å². The second-order valence-electron chi connectivity index (χ2n) is 5.97. The molecular formula is C14H24N5O2+. The third-order valence-electron chi connectivity index (χ3n) is 3.87. The highest BCUT2D eigenvalue weighted by Gasteiger charge is 2.18. The average molecular weight is 294 g/mol. The lowest BCUT2D eigenvalue weighted by Gasteiger charge is -2.29. The van der Waals surface area contributed by atoms with Gasteiger partial charge in [-0.05, 0) is 13.3 Å². The molecule has 116 valence electrons. The summed E-state index contributed by atoms with van der Waals surface area (Å²) in [6.45, 7) is 6.72. The fraction of sp³-hybridized carbons (Fsp3) is 0.643. The van der Waals surface area contributed by atoms with Crippen molar-refractivity contribution in [2.75, 3.05) is 27.2 Å². The van der Waals surface area contributed by atoms with E-state index < -0.39 is 0 Å². The molecule has 0 unspecified atom stereocenters. The van der Waals surface area contributed by atoms with E-state index in [-0.39, 0.29) is 11.2 Å². The minimum Gasteiger partial charge on any atom is -0.339 e. The second-order valence-corrected chi connectivity index (χ2v) is 5.97.